The molecule has 0 aliphatic rings. The first-order chi connectivity index (χ1) is 10.1. The zero-order valence-electron chi connectivity index (χ0n) is 12.3. The Morgan fingerprint density at radius 3 is 2.67 bits per heavy atom. The first kappa shape index (κ1) is 14.0. The number of thioether (sulfide) groups is 1. The SMILES string of the molecule is Cc1cc(CSc2ccc(N)cc2C)c2ccccc2n1. The maximum atomic E-state index is 5.81. The molecule has 0 aliphatic carbocycles. The molecule has 0 unspecified atom stereocenters. The summed E-state index contributed by atoms with van der Waals surface area (Å²) in [5.41, 5.74) is 11.3. The van der Waals surface area contributed by atoms with Crippen molar-refractivity contribution in [2.24, 2.45) is 0 Å². The molecule has 106 valence electrons. The number of rotatable bonds is 3. The lowest BCUT2D eigenvalue weighted by Gasteiger charge is -2.09. The summed E-state index contributed by atoms with van der Waals surface area (Å²) in [6.07, 6.45) is 0. The Labute approximate surface area is 129 Å². The van der Waals surface area contributed by atoms with Gasteiger partial charge in [-0.25, -0.2) is 0 Å². The van der Waals surface area contributed by atoms with Gasteiger partial charge in [0.25, 0.3) is 0 Å². The molecule has 0 saturated heterocycles. The van der Waals surface area contributed by atoms with Gasteiger partial charge in [-0.3, -0.25) is 4.98 Å². The molecule has 1 heterocycles. The normalized spacial score (nSPS) is 11.0. The topological polar surface area (TPSA) is 38.9 Å². The number of hydrogen-bond acceptors (Lipinski definition) is 3. The van der Waals surface area contributed by atoms with E-state index in [-0.39, 0.29) is 0 Å². The maximum absolute atomic E-state index is 5.81. The van der Waals surface area contributed by atoms with Crippen molar-refractivity contribution in [1.29, 1.82) is 0 Å². The number of nitrogens with zero attached hydrogens (tertiary/aromatic N) is 1. The molecule has 3 heteroatoms. The molecule has 0 radical (unpaired) electrons. The van der Waals surface area contributed by atoms with Crippen LogP contribution in [0.25, 0.3) is 10.9 Å². The zero-order valence-corrected chi connectivity index (χ0v) is 13.1. The molecule has 0 saturated carbocycles. The summed E-state index contributed by atoms with van der Waals surface area (Å²) in [7, 11) is 0. The number of pyridine rings is 1. The van der Waals surface area contributed by atoms with Crippen LogP contribution in [0.2, 0.25) is 0 Å². The number of fused-ring (bicyclic) bond motifs is 1. The second-order valence-electron chi connectivity index (χ2n) is 5.25. The van der Waals surface area contributed by atoms with Gasteiger partial charge >= 0.3 is 0 Å². The van der Waals surface area contributed by atoms with Crippen molar-refractivity contribution < 1.29 is 0 Å². The largest absolute Gasteiger partial charge is 0.399 e. The van der Waals surface area contributed by atoms with Crippen molar-refractivity contribution in [3.63, 3.8) is 0 Å². The zero-order chi connectivity index (χ0) is 14.8. The molecular weight excluding hydrogens is 276 g/mol. The smallest absolute Gasteiger partial charge is 0.0708 e. The van der Waals surface area contributed by atoms with Crippen LogP contribution in [-0.4, -0.2) is 4.98 Å². The van der Waals surface area contributed by atoms with Crippen LogP contribution in [0.1, 0.15) is 16.8 Å². The fourth-order valence-electron chi connectivity index (χ4n) is 2.50. The number of para-hydroxylation sites is 1. The van der Waals surface area contributed by atoms with Gasteiger partial charge in [-0.15, -0.1) is 11.8 Å². The summed E-state index contributed by atoms with van der Waals surface area (Å²) < 4.78 is 0. The predicted molar refractivity (Wildman–Crippen MR) is 91.6 cm³/mol. The maximum Gasteiger partial charge on any atom is 0.0708 e. The monoisotopic (exact) mass is 294 g/mol. The van der Waals surface area contributed by atoms with Gasteiger partial charge in [0.1, 0.15) is 0 Å². The predicted octanol–water partition coefficient (Wildman–Crippen LogP) is 4.73. The van der Waals surface area contributed by atoms with E-state index in [1.807, 2.05) is 30.0 Å². The molecule has 1 aromatic heterocycles. The minimum Gasteiger partial charge on any atom is -0.399 e. The Morgan fingerprint density at radius 2 is 1.86 bits per heavy atom. The summed E-state index contributed by atoms with van der Waals surface area (Å²) in [4.78, 5) is 5.87. The number of hydrogen-bond donors (Lipinski definition) is 1. The molecule has 3 rings (SSSR count). The van der Waals surface area contributed by atoms with E-state index >= 15 is 0 Å². The van der Waals surface area contributed by atoms with Crippen molar-refractivity contribution in [2.75, 3.05) is 5.73 Å². The highest BCUT2D eigenvalue weighted by molar-refractivity contribution is 7.98. The first-order valence-corrected chi connectivity index (χ1v) is 7.96. The molecule has 0 amide bonds. The van der Waals surface area contributed by atoms with Gasteiger partial charge < -0.3 is 5.73 Å². The average molecular weight is 294 g/mol. The van der Waals surface area contributed by atoms with Crippen molar-refractivity contribution in [2.45, 2.75) is 24.5 Å². The van der Waals surface area contributed by atoms with Crippen molar-refractivity contribution in [1.82, 2.24) is 4.98 Å². The summed E-state index contributed by atoms with van der Waals surface area (Å²) in [5.74, 6) is 0.939. The number of benzene rings is 2. The van der Waals surface area contributed by atoms with Gasteiger partial charge in [-0.05, 0) is 55.3 Å². The van der Waals surface area contributed by atoms with E-state index in [0.717, 1.165) is 22.7 Å². The number of nitrogens with two attached hydrogens (primary N) is 1. The summed E-state index contributed by atoms with van der Waals surface area (Å²) >= 11 is 1.85. The van der Waals surface area contributed by atoms with E-state index in [1.54, 1.807) is 0 Å². The van der Waals surface area contributed by atoms with Crippen LogP contribution in [-0.2, 0) is 5.75 Å². The molecule has 3 aromatic rings. The van der Waals surface area contributed by atoms with Gasteiger partial charge in [0.05, 0.1) is 5.52 Å². The molecule has 2 nitrogen and oxygen atoms in total. The highest BCUT2D eigenvalue weighted by Crippen LogP contribution is 2.30. The van der Waals surface area contributed by atoms with E-state index in [9.17, 15) is 0 Å². The Hall–Kier alpha value is -2.00. The minimum absolute atomic E-state index is 0.821. The van der Waals surface area contributed by atoms with Crippen LogP contribution in [0.15, 0.2) is 53.4 Å². The highest BCUT2D eigenvalue weighted by Gasteiger charge is 2.06. The molecule has 0 bridgehead atoms. The first-order valence-electron chi connectivity index (χ1n) is 6.97. The van der Waals surface area contributed by atoms with Gasteiger partial charge in [-0.1, -0.05) is 18.2 Å². The number of nitrogen functional groups attached to an aromatic ring is 1. The summed E-state index contributed by atoms with van der Waals surface area (Å²) in [6, 6.07) is 16.6. The molecule has 0 atom stereocenters. The Balaban J connectivity index is 1.91. The van der Waals surface area contributed by atoms with Crippen LogP contribution in [0.3, 0.4) is 0 Å². The molecule has 0 aliphatic heterocycles. The van der Waals surface area contributed by atoms with E-state index in [2.05, 4.69) is 49.2 Å². The van der Waals surface area contributed by atoms with Crippen LogP contribution in [0.4, 0.5) is 5.69 Å². The molecule has 2 N–H and O–H groups in total. The van der Waals surface area contributed by atoms with Crippen LogP contribution < -0.4 is 5.73 Å². The average Bonchev–Trinajstić information content (AvgIpc) is 2.46. The molecule has 2 aromatic carbocycles. The summed E-state index contributed by atoms with van der Waals surface area (Å²) in [5, 5.41) is 1.24. The van der Waals surface area contributed by atoms with Gasteiger partial charge in [-0.2, -0.15) is 0 Å². The quantitative estimate of drug-likeness (QED) is 0.561. The second kappa shape index (κ2) is 5.78. The third-order valence-corrected chi connectivity index (χ3v) is 4.74. The van der Waals surface area contributed by atoms with Crippen LogP contribution in [0, 0.1) is 13.8 Å². The van der Waals surface area contributed by atoms with Gasteiger partial charge in [0.15, 0.2) is 0 Å². The fourth-order valence-corrected chi connectivity index (χ4v) is 3.51. The fraction of sp³-hybridized carbons (Fsp3) is 0.167. The van der Waals surface area contributed by atoms with Crippen molar-refractivity contribution >= 4 is 28.4 Å². The Morgan fingerprint density at radius 1 is 1.05 bits per heavy atom. The number of anilines is 1. The number of aromatic nitrogens is 1. The van der Waals surface area contributed by atoms with E-state index in [4.69, 9.17) is 5.73 Å². The minimum atomic E-state index is 0.821. The highest BCUT2D eigenvalue weighted by atomic mass is 32.2. The van der Waals surface area contributed by atoms with Crippen molar-refractivity contribution in [3.8, 4) is 0 Å². The van der Waals surface area contributed by atoms with Crippen molar-refractivity contribution in [3.05, 3.63) is 65.4 Å². The molecular formula is C18H18N2S. The molecule has 21 heavy (non-hydrogen) atoms. The van der Waals surface area contributed by atoms with E-state index in [0.29, 0.717) is 0 Å². The third kappa shape index (κ3) is 3.03. The van der Waals surface area contributed by atoms with E-state index in [1.165, 1.54) is 21.4 Å². The summed E-state index contributed by atoms with van der Waals surface area (Å²) in [6.45, 7) is 4.16. The lowest BCUT2D eigenvalue weighted by atomic mass is 10.1. The lowest BCUT2D eigenvalue weighted by molar-refractivity contribution is 1.22. The van der Waals surface area contributed by atoms with Gasteiger partial charge in [0.2, 0.25) is 0 Å². The van der Waals surface area contributed by atoms with Crippen LogP contribution >= 0.6 is 11.8 Å². The second-order valence-corrected chi connectivity index (χ2v) is 6.27. The van der Waals surface area contributed by atoms with E-state index < -0.39 is 0 Å². The standard InChI is InChI=1S/C18H18N2S/c1-12-9-15(19)7-8-18(12)21-11-14-10-13(2)20-17-6-4-3-5-16(14)17/h3-10H,11,19H2,1-2H3. The Bertz CT molecular complexity index is 796. The third-order valence-electron chi connectivity index (χ3n) is 3.51. The Kier molecular flexibility index (Phi) is 3.84. The number of aryl methyl sites for hydroxylation is 2. The molecule has 0 fully saturated rings. The molecule has 0 spiro atoms. The van der Waals surface area contributed by atoms with Gasteiger partial charge in [0, 0.05) is 27.4 Å². The lowest BCUT2D eigenvalue weighted by Crippen LogP contribution is -1.91. The van der Waals surface area contributed by atoms with Crippen LogP contribution in [0.5, 0.6) is 0 Å².